The summed E-state index contributed by atoms with van der Waals surface area (Å²) < 4.78 is 11.4. The molecule has 0 aromatic rings. The number of ether oxygens (including phenoxy) is 2. The third kappa shape index (κ3) is 2.33. The summed E-state index contributed by atoms with van der Waals surface area (Å²) in [6.07, 6.45) is -3.16. The molecule has 2 bridgehead atoms. The summed E-state index contributed by atoms with van der Waals surface area (Å²) in [6, 6.07) is 0. The highest BCUT2D eigenvalue weighted by atomic mass is 16.7. The number of rotatable bonds is 3. The van der Waals surface area contributed by atoms with E-state index >= 15 is 0 Å². The van der Waals surface area contributed by atoms with Gasteiger partial charge in [0, 0.05) is 0 Å². The molecular weight excluding hydrogens is 288 g/mol. The number of aliphatic hydroxyl groups is 4. The summed E-state index contributed by atoms with van der Waals surface area (Å²) in [7, 11) is 0. The van der Waals surface area contributed by atoms with Gasteiger partial charge in [0.25, 0.3) is 0 Å². The molecule has 6 heteroatoms. The summed E-state index contributed by atoms with van der Waals surface area (Å²) in [5.74, 6) is 0.917. The minimum atomic E-state index is -1.40. The Hall–Kier alpha value is -0.500. The van der Waals surface area contributed by atoms with E-state index in [0.717, 1.165) is 6.42 Å². The van der Waals surface area contributed by atoms with Crippen molar-refractivity contribution >= 4 is 0 Å². The molecule has 4 N–H and O–H groups in total. The maximum absolute atomic E-state index is 10.1. The fraction of sp³-hybridized carbons (Fsp3) is 0.875. The molecule has 1 aliphatic heterocycles. The van der Waals surface area contributed by atoms with Crippen molar-refractivity contribution in [2.75, 3.05) is 6.61 Å². The second-order valence-corrected chi connectivity index (χ2v) is 7.42. The lowest BCUT2D eigenvalue weighted by atomic mass is 9.48. The van der Waals surface area contributed by atoms with Gasteiger partial charge in [-0.15, -0.1) is 0 Å². The predicted octanol–water partition coefficient (Wildman–Crippen LogP) is -0.206. The van der Waals surface area contributed by atoms with E-state index in [1.807, 2.05) is 0 Å². The van der Waals surface area contributed by atoms with Crippen molar-refractivity contribution in [3.05, 3.63) is 11.6 Å². The van der Waals surface area contributed by atoms with Crippen molar-refractivity contribution in [3.8, 4) is 0 Å². The van der Waals surface area contributed by atoms with Crippen LogP contribution in [0, 0.1) is 17.3 Å². The normalized spacial score (nSPS) is 50.2. The first-order chi connectivity index (χ1) is 10.3. The summed E-state index contributed by atoms with van der Waals surface area (Å²) in [6.45, 7) is 6.07. The summed E-state index contributed by atoms with van der Waals surface area (Å²) >= 11 is 0. The molecule has 3 aliphatic carbocycles. The maximum atomic E-state index is 10.1. The molecule has 0 aromatic carbocycles. The molecule has 2 fully saturated rings. The van der Waals surface area contributed by atoms with Crippen LogP contribution in [-0.2, 0) is 9.47 Å². The van der Waals surface area contributed by atoms with E-state index in [1.54, 1.807) is 0 Å². The summed E-state index contributed by atoms with van der Waals surface area (Å²) in [5.41, 5.74) is 1.43. The SMILES string of the molecule is CC1=CC(O[C@@H]2O[C@H](CO)[C@@H](O)[C@H](O)[C@H]2O)[C@H]2C[C@@H]1C2(C)C. The topological polar surface area (TPSA) is 99.4 Å². The van der Waals surface area contributed by atoms with Crippen LogP contribution in [0.15, 0.2) is 11.6 Å². The molecule has 4 aliphatic rings. The van der Waals surface area contributed by atoms with Gasteiger partial charge in [0.15, 0.2) is 6.29 Å². The first-order valence-electron chi connectivity index (χ1n) is 7.91. The molecule has 1 unspecified atom stereocenters. The lowest BCUT2D eigenvalue weighted by molar-refractivity contribution is -0.318. The lowest BCUT2D eigenvalue weighted by Crippen LogP contribution is -2.61. The zero-order valence-corrected chi connectivity index (χ0v) is 13.2. The van der Waals surface area contributed by atoms with Crippen LogP contribution in [0.1, 0.15) is 27.2 Å². The molecule has 0 radical (unpaired) electrons. The Balaban J connectivity index is 1.74. The highest BCUT2D eigenvalue weighted by molar-refractivity contribution is 5.25. The van der Waals surface area contributed by atoms with E-state index < -0.39 is 37.3 Å². The van der Waals surface area contributed by atoms with Gasteiger partial charge in [-0.05, 0) is 30.6 Å². The molecule has 6 nitrogen and oxygen atoms in total. The van der Waals surface area contributed by atoms with Crippen molar-refractivity contribution in [3.63, 3.8) is 0 Å². The van der Waals surface area contributed by atoms with Crippen LogP contribution in [0.5, 0.6) is 0 Å². The van der Waals surface area contributed by atoms with Gasteiger partial charge in [-0.1, -0.05) is 25.5 Å². The average Bonchev–Trinajstić information content (AvgIpc) is 2.46. The fourth-order valence-corrected chi connectivity index (χ4v) is 4.25. The van der Waals surface area contributed by atoms with Crippen LogP contribution >= 0.6 is 0 Å². The number of allylic oxidation sites excluding steroid dienone is 1. The number of aliphatic hydroxyl groups excluding tert-OH is 4. The first kappa shape index (κ1) is 16.4. The fourth-order valence-electron chi connectivity index (χ4n) is 4.25. The minimum absolute atomic E-state index is 0.150. The molecule has 1 heterocycles. The van der Waals surface area contributed by atoms with Crippen LogP contribution in [0.4, 0.5) is 0 Å². The van der Waals surface area contributed by atoms with Gasteiger partial charge in [-0.25, -0.2) is 0 Å². The van der Waals surface area contributed by atoms with Crippen molar-refractivity contribution in [1.82, 2.24) is 0 Å². The minimum Gasteiger partial charge on any atom is -0.394 e. The molecule has 22 heavy (non-hydrogen) atoms. The zero-order valence-electron chi connectivity index (χ0n) is 13.2. The summed E-state index contributed by atoms with van der Waals surface area (Å²) in [5, 5.41) is 39.0. The summed E-state index contributed by atoms with van der Waals surface area (Å²) in [4.78, 5) is 0. The van der Waals surface area contributed by atoms with Crippen molar-refractivity contribution in [2.24, 2.45) is 17.3 Å². The Morgan fingerprint density at radius 1 is 1.23 bits per heavy atom. The Morgan fingerprint density at radius 3 is 2.45 bits per heavy atom. The van der Waals surface area contributed by atoms with Gasteiger partial charge in [-0.3, -0.25) is 0 Å². The van der Waals surface area contributed by atoms with Crippen LogP contribution in [0.2, 0.25) is 0 Å². The smallest absolute Gasteiger partial charge is 0.187 e. The van der Waals surface area contributed by atoms with Crippen molar-refractivity contribution in [2.45, 2.75) is 64.0 Å². The number of hydrogen-bond acceptors (Lipinski definition) is 6. The third-order valence-corrected chi connectivity index (χ3v) is 5.86. The Morgan fingerprint density at radius 2 is 1.91 bits per heavy atom. The molecule has 0 amide bonds. The molecular formula is C16H26O6. The van der Waals surface area contributed by atoms with Crippen molar-refractivity contribution < 1.29 is 29.9 Å². The zero-order chi connectivity index (χ0) is 16.2. The molecule has 126 valence electrons. The largest absolute Gasteiger partial charge is 0.394 e. The van der Waals surface area contributed by atoms with Gasteiger partial charge in [0.1, 0.15) is 24.4 Å². The van der Waals surface area contributed by atoms with E-state index in [1.165, 1.54) is 5.57 Å². The van der Waals surface area contributed by atoms with E-state index in [0.29, 0.717) is 11.8 Å². The highest BCUT2D eigenvalue weighted by Gasteiger charge is 2.56. The van der Waals surface area contributed by atoms with E-state index in [4.69, 9.17) is 9.47 Å². The Kier molecular flexibility index (Phi) is 4.12. The average molecular weight is 314 g/mol. The monoisotopic (exact) mass is 314 g/mol. The second kappa shape index (κ2) is 5.54. The molecule has 1 saturated heterocycles. The van der Waals surface area contributed by atoms with Gasteiger partial charge in [0.2, 0.25) is 0 Å². The molecule has 1 saturated carbocycles. The quantitative estimate of drug-likeness (QED) is 0.538. The highest BCUT2D eigenvalue weighted by Crippen LogP contribution is 2.59. The van der Waals surface area contributed by atoms with E-state index in [-0.39, 0.29) is 11.5 Å². The number of fused-ring (bicyclic) bond motifs is 1. The van der Waals surface area contributed by atoms with Crippen molar-refractivity contribution in [1.29, 1.82) is 0 Å². The van der Waals surface area contributed by atoms with Gasteiger partial charge < -0.3 is 29.9 Å². The maximum Gasteiger partial charge on any atom is 0.187 e. The molecule has 4 rings (SSSR count). The Bertz CT molecular complexity index is 460. The van der Waals surface area contributed by atoms with E-state index in [2.05, 4.69) is 26.8 Å². The molecule has 8 atom stereocenters. The molecule has 0 aromatic heterocycles. The van der Waals surface area contributed by atoms with Crippen LogP contribution in [0.3, 0.4) is 0 Å². The predicted molar refractivity (Wildman–Crippen MR) is 77.8 cm³/mol. The molecule has 0 spiro atoms. The first-order valence-corrected chi connectivity index (χ1v) is 7.91. The standard InChI is InChI=1S/C16H26O6/c1-7-4-10(9-5-8(7)16(9,2)3)21-15-14(20)13(19)12(18)11(6-17)22-15/h4,8-15,17-20H,5-6H2,1-3H3/t8-,9+,10?,11+,12+,13-,14+,15+/m0/s1. The number of hydrogen-bond donors (Lipinski definition) is 4. The van der Waals surface area contributed by atoms with Crippen LogP contribution < -0.4 is 0 Å². The lowest BCUT2D eigenvalue weighted by Gasteiger charge is -2.59. The Labute approximate surface area is 130 Å². The van der Waals surface area contributed by atoms with Gasteiger partial charge in [0.05, 0.1) is 12.7 Å². The van der Waals surface area contributed by atoms with Gasteiger partial charge >= 0.3 is 0 Å². The second-order valence-electron chi connectivity index (χ2n) is 7.42. The van der Waals surface area contributed by atoms with Gasteiger partial charge in [-0.2, -0.15) is 0 Å². The van der Waals surface area contributed by atoms with Crippen LogP contribution in [0.25, 0.3) is 0 Å². The van der Waals surface area contributed by atoms with E-state index in [9.17, 15) is 20.4 Å². The third-order valence-electron chi connectivity index (χ3n) is 5.86. The van der Waals surface area contributed by atoms with Crippen LogP contribution in [-0.4, -0.2) is 63.8 Å².